The van der Waals surface area contributed by atoms with Crippen LogP contribution in [0.15, 0.2) is 53.0 Å². The van der Waals surface area contributed by atoms with Crippen molar-refractivity contribution in [1.29, 1.82) is 0 Å². The third kappa shape index (κ3) is 3.34. The maximum atomic E-state index is 11.9. The van der Waals surface area contributed by atoms with E-state index in [4.69, 9.17) is 0 Å². The molecular formula is C15H13BrN4O. The Labute approximate surface area is 130 Å². The van der Waals surface area contributed by atoms with Gasteiger partial charge in [-0.2, -0.15) is 0 Å². The van der Waals surface area contributed by atoms with Crippen molar-refractivity contribution in [3.63, 3.8) is 0 Å². The first-order valence-electron chi connectivity index (χ1n) is 6.53. The molecule has 1 aromatic heterocycles. The Bertz CT molecular complexity index is 764. The van der Waals surface area contributed by atoms with E-state index in [9.17, 15) is 5.21 Å². The number of aromatic nitrogens is 3. The number of hydrogen-bond acceptors (Lipinski definition) is 4. The van der Waals surface area contributed by atoms with Gasteiger partial charge >= 0.3 is 0 Å². The molecule has 2 aromatic carbocycles. The van der Waals surface area contributed by atoms with Crippen LogP contribution in [0.5, 0.6) is 0 Å². The van der Waals surface area contributed by atoms with E-state index >= 15 is 0 Å². The minimum absolute atomic E-state index is 0.448. The van der Waals surface area contributed by atoms with Crippen LogP contribution in [0, 0.1) is 5.21 Å². The van der Waals surface area contributed by atoms with Gasteiger partial charge in [0.15, 0.2) is 0 Å². The molecule has 0 bridgehead atoms. The molecule has 0 fully saturated rings. The molecule has 0 atom stereocenters. The summed E-state index contributed by atoms with van der Waals surface area (Å²) >= 11 is 3.33. The topological polar surface area (TPSA) is 64.8 Å². The number of nitrogens with zero attached hydrogens (tertiary/aromatic N) is 3. The van der Waals surface area contributed by atoms with Gasteiger partial charge < -0.3 is 10.5 Å². The summed E-state index contributed by atoms with van der Waals surface area (Å²) in [6, 6.07) is 15.4. The van der Waals surface area contributed by atoms with Crippen molar-refractivity contribution in [2.45, 2.75) is 13.1 Å². The van der Waals surface area contributed by atoms with Crippen LogP contribution in [0.25, 0.3) is 11.0 Å². The Kier molecular flexibility index (Phi) is 4.08. The maximum Gasteiger partial charge on any atom is 0.271 e. The Morgan fingerprint density at radius 2 is 1.90 bits per heavy atom. The number of rotatable bonds is 4. The average Bonchev–Trinajstić information content (AvgIpc) is 2.49. The van der Waals surface area contributed by atoms with Gasteiger partial charge in [0.05, 0.1) is 6.54 Å². The van der Waals surface area contributed by atoms with Crippen LogP contribution < -0.4 is 10.2 Å². The summed E-state index contributed by atoms with van der Waals surface area (Å²) in [5, 5.41) is 19.1. The van der Waals surface area contributed by atoms with Crippen molar-refractivity contribution in [3.8, 4) is 0 Å². The van der Waals surface area contributed by atoms with Crippen LogP contribution in [-0.4, -0.2) is 10.1 Å². The van der Waals surface area contributed by atoms with E-state index in [1.54, 1.807) is 12.1 Å². The van der Waals surface area contributed by atoms with Gasteiger partial charge in [0.1, 0.15) is 5.52 Å². The van der Waals surface area contributed by atoms with Crippen molar-refractivity contribution in [3.05, 3.63) is 69.6 Å². The lowest BCUT2D eigenvalue weighted by Gasteiger charge is -2.05. The highest BCUT2D eigenvalue weighted by molar-refractivity contribution is 9.10. The molecule has 0 radical (unpaired) electrons. The molecule has 0 aliphatic heterocycles. The van der Waals surface area contributed by atoms with Gasteiger partial charge in [0, 0.05) is 22.2 Å². The molecule has 1 heterocycles. The summed E-state index contributed by atoms with van der Waals surface area (Å²) in [4.78, 5) is 5.01. The average molecular weight is 345 g/mol. The minimum Gasteiger partial charge on any atom is -0.594 e. The zero-order chi connectivity index (χ0) is 14.7. The van der Waals surface area contributed by atoms with E-state index in [-0.39, 0.29) is 0 Å². The Balaban J connectivity index is 1.74. The summed E-state index contributed by atoms with van der Waals surface area (Å²) in [5.41, 5.74) is 2.27. The highest BCUT2D eigenvalue weighted by atomic mass is 79.9. The smallest absolute Gasteiger partial charge is 0.271 e. The second-order valence-electron chi connectivity index (χ2n) is 4.62. The third-order valence-corrected chi connectivity index (χ3v) is 3.55. The molecule has 6 heteroatoms. The molecule has 106 valence electrons. The molecule has 0 unspecified atom stereocenters. The zero-order valence-electron chi connectivity index (χ0n) is 11.2. The van der Waals surface area contributed by atoms with Crippen molar-refractivity contribution in [1.82, 2.24) is 15.4 Å². The summed E-state index contributed by atoms with van der Waals surface area (Å²) in [6.07, 6.45) is 0. The molecule has 0 saturated carbocycles. The fourth-order valence-electron chi connectivity index (χ4n) is 2.05. The molecule has 1 N–H and O–H groups in total. The van der Waals surface area contributed by atoms with Gasteiger partial charge in [0.2, 0.25) is 5.82 Å². The Morgan fingerprint density at radius 1 is 1.10 bits per heavy atom. The van der Waals surface area contributed by atoms with Crippen LogP contribution in [0.3, 0.4) is 0 Å². The Hall–Kier alpha value is -2.05. The third-order valence-electron chi connectivity index (χ3n) is 3.05. The molecule has 0 aliphatic rings. The fourth-order valence-corrected chi connectivity index (χ4v) is 2.40. The van der Waals surface area contributed by atoms with E-state index in [0.717, 1.165) is 4.47 Å². The van der Waals surface area contributed by atoms with Gasteiger partial charge in [-0.25, -0.2) is 4.98 Å². The van der Waals surface area contributed by atoms with E-state index in [2.05, 4.69) is 31.3 Å². The van der Waals surface area contributed by atoms with Gasteiger partial charge in [-0.3, -0.25) is 0 Å². The molecule has 0 amide bonds. The normalized spacial score (nSPS) is 10.9. The van der Waals surface area contributed by atoms with Crippen molar-refractivity contribution in [2.75, 3.05) is 0 Å². The lowest BCUT2D eigenvalue weighted by Crippen LogP contribution is -2.35. The lowest BCUT2D eigenvalue weighted by atomic mass is 10.2. The van der Waals surface area contributed by atoms with E-state index in [1.807, 2.05) is 36.4 Å². The fraction of sp³-hybridized carbons (Fsp3) is 0.133. The van der Waals surface area contributed by atoms with E-state index in [1.165, 1.54) is 5.56 Å². The zero-order valence-corrected chi connectivity index (χ0v) is 12.7. The molecular weight excluding hydrogens is 332 g/mol. The van der Waals surface area contributed by atoms with Crippen LogP contribution >= 0.6 is 15.9 Å². The standard InChI is InChI=1S/C15H13BrN4O/c16-12-6-7-13-14(8-12)20(21)19-15(18-13)10-17-9-11-4-2-1-3-5-11/h1-8,17H,9-10H2. The summed E-state index contributed by atoms with van der Waals surface area (Å²) in [5.74, 6) is 0.482. The number of halogens is 1. The summed E-state index contributed by atoms with van der Waals surface area (Å²) < 4.78 is 0.832. The number of nitrogens with one attached hydrogen (secondary N) is 1. The summed E-state index contributed by atoms with van der Waals surface area (Å²) in [7, 11) is 0. The maximum absolute atomic E-state index is 11.9. The summed E-state index contributed by atoms with van der Waals surface area (Å²) in [6.45, 7) is 1.16. The minimum atomic E-state index is 0.448. The quantitative estimate of drug-likeness (QED) is 0.582. The van der Waals surface area contributed by atoms with Crippen molar-refractivity contribution >= 4 is 27.0 Å². The molecule has 0 saturated heterocycles. The first kappa shape index (κ1) is 13.9. The monoisotopic (exact) mass is 344 g/mol. The largest absolute Gasteiger partial charge is 0.594 e. The van der Waals surface area contributed by atoms with Gasteiger partial charge in [-0.05, 0) is 22.5 Å². The van der Waals surface area contributed by atoms with Crippen LogP contribution in [0.4, 0.5) is 0 Å². The molecule has 21 heavy (non-hydrogen) atoms. The van der Waals surface area contributed by atoms with Crippen LogP contribution in [0.1, 0.15) is 11.4 Å². The first-order valence-corrected chi connectivity index (χ1v) is 7.32. The Morgan fingerprint density at radius 3 is 2.71 bits per heavy atom. The van der Waals surface area contributed by atoms with Gasteiger partial charge in [-0.15, -0.1) is 0 Å². The van der Waals surface area contributed by atoms with Crippen molar-refractivity contribution < 1.29 is 4.85 Å². The molecule has 5 nitrogen and oxygen atoms in total. The molecule has 3 rings (SSSR count). The molecule has 0 spiro atoms. The second-order valence-corrected chi connectivity index (χ2v) is 5.54. The SMILES string of the molecule is [O-][n+]1nc(CNCc2ccccc2)nc2ccc(Br)cc21. The predicted octanol–water partition coefficient (Wildman–Crippen LogP) is 2.32. The first-order chi connectivity index (χ1) is 10.2. The van der Waals surface area contributed by atoms with E-state index < -0.39 is 0 Å². The lowest BCUT2D eigenvalue weighted by molar-refractivity contribution is -0.644. The van der Waals surface area contributed by atoms with Gasteiger partial charge in [-0.1, -0.05) is 46.3 Å². The second kappa shape index (κ2) is 6.15. The van der Waals surface area contributed by atoms with Crippen LogP contribution in [0.2, 0.25) is 0 Å². The van der Waals surface area contributed by atoms with Crippen molar-refractivity contribution in [2.24, 2.45) is 0 Å². The predicted molar refractivity (Wildman–Crippen MR) is 83.2 cm³/mol. The highest BCUT2D eigenvalue weighted by Crippen LogP contribution is 2.14. The number of benzene rings is 2. The van der Waals surface area contributed by atoms with E-state index in [0.29, 0.717) is 34.8 Å². The highest BCUT2D eigenvalue weighted by Gasteiger charge is 2.10. The van der Waals surface area contributed by atoms with Crippen LogP contribution in [-0.2, 0) is 13.1 Å². The van der Waals surface area contributed by atoms with Gasteiger partial charge in [0.25, 0.3) is 5.52 Å². The number of hydrogen-bond donors (Lipinski definition) is 1. The molecule has 3 aromatic rings. The number of fused-ring (bicyclic) bond motifs is 1. The molecule has 0 aliphatic carbocycles.